The van der Waals surface area contributed by atoms with E-state index in [9.17, 15) is 4.79 Å². The molecule has 8 nitrogen and oxygen atoms in total. The zero-order chi connectivity index (χ0) is 17.1. The minimum absolute atomic E-state index is 0.172. The molecule has 124 valence electrons. The van der Waals surface area contributed by atoms with Crippen molar-refractivity contribution in [2.24, 2.45) is 0 Å². The highest BCUT2D eigenvalue weighted by Gasteiger charge is 2.15. The van der Waals surface area contributed by atoms with Gasteiger partial charge in [0.25, 0.3) is 5.91 Å². The minimum atomic E-state index is -0.334. The summed E-state index contributed by atoms with van der Waals surface area (Å²) in [4.78, 5) is 16.4. The number of H-pyrrole nitrogens is 1. The Bertz CT molecular complexity index is 869. The molecule has 0 aliphatic heterocycles. The van der Waals surface area contributed by atoms with Crippen molar-refractivity contribution >= 4 is 11.9 Å². The van der Waals surface area contributed by atoms with Crippen molar-refractivity contribution in [3.05, 3.63) is 41.9 Å². The maximum atomic E-state index is 12.1. The van der Waals surface area contributed by atoms with E-state index in [-0.39, 0.29) is 11.9 Å². The van der Waals surface area contributed by atoms with E-state index in [2.05, 4.69) is 20.5 Å². The summed E-state index contributed by atoms with van der Waals surface area (Å²) in [6.45, 7) is 1.71. The number of methoxy groups -OCH3 is 2. The highest BCUT2D eigenvalue weighted by Crippen LogP contribution is 2.31. The fourth-order valence-electron chi connectivity index (χ4n) is 2.22. The van der Waals surface area contributed by atoms with Gasteiger partial charge in [0.05, 0.1) is 26.0 Å². The Morgan fingerprint density at radius 1 is 1.21 bits per heavy atom. The van der Waals surface area contributed by atoms with Gasteiger partial charge < -0.3 is 13.9 Å². The lowest BCUT2D eigenvalue weighted by atomic mass is 10.2. The molecule has 3 aromatic rings. The Balaban J connectivity index is 1.81. The third-order valence-corrected chi connectivity index (χ3v) is 3.47. The van der Waals surface area contributed by atoms with Crippen LogP contribution in [0.5, 0.6) is 11.5 Å². The second-order valence-electron chi connectivity index (χ2n) is 4.92. The Hall–Kier alpha value is -3.29. The van der Waals surface area contributed by atoms with Gasteiger partial charge in [-0.3, -0.25) is 15.2 Å². The second kappa shape index (κ2) is 6.45. The Kier molecular flexibility index (Phi) is 4.19. The molecule has 0 aliphatic carbocycles. The zero-order valence-electron chi connectivity index (χ0n) is 13.4. The molecule has 0 radical (unpaired) electrons. The van der Waals surface area contributed by atoms with Crippen LogP contribution < -0.4 is 14.8 Å². The average molecular weight is 328 g/mol. The summed E-state index contributed by atoms with van der Waals surface area (Å²) in [5.41, 5.74) is 1.19. The van der Waals surface area contributed by atoms with E-state index in [0.29, 0.717) is 28.6 Å². The Morgan fingerprint density at radius 3 is 2.67 bits per heavy atom. The molecule has 3 rings (SSSR count). The predicted molar refractivity (Wildman–Crippen MR) is 86.3 cm³/mol. The van der Waals surface area contributed by atoms with E-state index in [0.717, 1.165) is 5.56 Å². The fraction of sp³-hybridized carbons (Fsp3) is 0.188. The Morgan fingerprint density at radius 2 is 2.00 bits per heavy atom. The van der Waals surface area contributed by atoms with E-state index < -0.39 is 0 Å². The number of anilines is 1. The first-order valence-corrected chi connectivity index (χ1v) is 7.12. The van der Waals surface area contributed by atoms with Crippen LogP contribution in [0, 0.1) is 6.92 Å². The first-order valence-electron chi connectivity index (χ1n) is 7.12. The number of nitrogens with one attached hydrogen (secondary N) is 2. The summed E-state index contributed by atoms with van der Waals surface area (Å²) in [5.74, 6) is 2.05. The summed E-state index contributed by atoms with van der Waals surface area (Å²) in [6.07, 6.45) is 1.46. The lowest BCUT2D eigenvalue weighted by Gasteiger charge is -2.07. The molecule has 2 aromatic heterocycles. The summed E-state index contributed by atoms with van der Waals surface area (Å²) in [6, 6.07) is 6.94. The molecular weight excluding hydrogens is 312 g/mol. The first kappa shape index (κ1) is 15.6. The van der Waals surface area contributed by atoms with Gasteiger partial charge in [-0.2, -0.15) is 4.98 Å². The number of hydrogen-bond donors (Lipinski definition) is 2. The lowest BCUT2D eigenvalue weighted by Crippen LogP contribution is -2.13. The number of carbonyl (C=O) groups is 1. The topological polar surface area (TPSA) is 102 Å². The third-order valence-electron chi connectivity index (χ3n) is 3.47. The SMILES string of the molecule is COc1ccc(-c2nc(NC(=O)c3ccoc3C)n[nH]2)cc1OC. The van der Waals surface area contributed by atoms with Crippen LogP contribution in [0.3, 0.4) is 0 Å². The van der Waals surface area contributed by atoms with Crippen LogP contribution in [0.2, 0.25) is 0 Å². The monoisotopic (exact) mass is 328 g/mol. The molecule has 0 spiro atoms. The summed E-state index contributed by atoms with van der Waals surface area (Å²) in [5, 5.41) is 9.40. The molecule has 0 fully saturated rings. The predicted octanol–water partition coefficient (Wildman–Crippen LogP) is 2.64. The van der Waals surface area contributed by atoms with Crippen molar-refractivity contribution in [2.75, 3.05) is 19.5 Å². The van der Waals surface area contributed by atoms with Crippen molar-refractivity contribution in [2.45, 2.75) is 6.92 Å². The summed E-state index contributed by atoms with van der Waals surface area (Å²) in [7, 11) is 3.12. The van der Waals surface area contributed by atoms with E-state index in [4.69, 9.17) is 13.9 Å². The number of rotatable bonds is 5. The minimum Gasteiger partial charge on any atom is -0.493 e. The number of carbonyl (C=O) groups excluding carboxylic acids is 1. The molecule has 0 saturated carbocycles. The normalized spacial score (nSPS) is 10.5. The molecule has 0 bridgehead atoms. The van der Waals surface area contributed by atoms with Gasteiger partial charge in [-0.1, -0.05) is 0 Å². The van der Waals surface area contributed by atoms with Gasteiger partial charge in [-0.05, 0) is 31.2 Å². The molecule has 0 atom stereocenters. The van der Waals surface area contributed by atoms with Crippen LogP contribution in [-0.2, 0) is 0 Å². The quantitative estimate of drug-likeness (QED) is 0.746. The molecule has 8 heteroatoms. The highest BCUT2D eigenvalue weighted by molar-refractivity contribution is 6.04. The standard InChI is InChI=1S/C16H16N4O4/c1-9-11(6-7-24-9)15(21)18-16-17-14(19-20-16)10-4-5-12(22-2)13(8-10)23-3/h4-8H,1-3H3,(H2,17,18,19,20,21). The summed E-state index contributed by atoms with van der Waals surface area (Å²) >= 11 is 0. The number of nitrogens with zero attached hydrogens (tertiary/aromatic N) is 2. The largest absolute Gasteiger partial charge is 0.493 e. The van der Waals surface area contributed by atoms with Crippen molar-refractivity contribution in [1.82, 2.24) is 15.2 Å². The van der Waals surface area contributed by atoms with Crippen molar-refractivity contribution < 1.29 is 18.7 Å². The summed E-state index contributed by atoms with van der Waals surface area (Å²) < 4.78 is 15.6. The number of benzene rings is 1. The van der Waals surface area contributed by atoms with E-state index in [1.165, 1.54) is 6.26 Å². The maximum Gasteiger partial charge on any atom is 0.261 e. The maximum absolute atomic E-state index is 12.1. The van der Waals surface area contributed by atoms with Crippen LogP contribution in [0.4, 0.5) is 5.95 Å². The van der Waals surface area contributed by atoms with Crippen LogP contribution >= 0.6 is 0 Å². The van der Waals surface area contributed by atoms with Crippen LogP contribution in [0.25, 0.3) is 11.4 Å². The number of aromatic nitrogens is 3. The first-order chi connectivity index (χ1) is 11.6. The van der Waals surface area contributed by atoms with Gasteiger partial charge in [0, 0.05) is 5.56 Å². The smallest absolute Gasteiger partial charge is 0.261 e. The number of amides is 1. The fourth-order valence-corrected chi connectivity index (χ4v) is 2.22. The number of aryl methyl sites for hydroxylation is 1. The number of aromatic amines is 1. The van der Waals surface area contributed by atoms with Gasteiger partial charge in [0.2, 0.25) is 5.95 Å². The molecule has 1 amide bonds. The van der Waals surface area contributed by atoms with Crippen LogP contribution in [-0.4, -0.2) is 35.3 Å². The van der Waals surface area contributed by atoms with E-state index in [1.807, 2.05) is 6.07 Å². The van der Waals surface area contributed by atoms with E-state index in [1.54, 1.807) is 39.3 Å². The number of hydrogen-bond acceptors (Lipinski definition) is 6. The Labute approximate surface area is 137 Å². The second-order valence-corrected chi connectivity index (χ2v) is 4.92. The van der Waals surface area contributed by atoms with E-state index >= 15 is 0 Å². The zero-order valence-corrected chi connectivity index (χ0v) is 13.4. The van der Waals surface area contributed by atoms with Crippen molar-refractivity contribution in [3.8, 4) is 22.9 Å². The van der Waals surface area contributed by atoms with Gasteiger partial charge in [0.1, 0.15) is 5.76 Å². The van der Waals surface area contributed by atoms with Crippen molar-refractivity contribution in [3.63, 3.8) is 0 Å². The molecule has 2 heterocycles. The average Bonchev–Trinajstić information content (AvgIpc) is 3.23. The van der Waals surface area contributed by atoms with Gasteiger partial charge in [-0.15, -0.1) is 5.10 Å². The number of furan rings is 1. The highest BCUT2D eigenvalue weighted by atomic mass is 16.5. The van der Waals surface area contributed by atoms with Gasteiger partial charge in [0.15, 0.2) is 17.3 Å². The van der Waals surface area contributed by atoms with Crippen LogP contribution in [0.1, 0.15) is 16.1 Å². The molecule has 0 unspecified atom stereocenters. The van der Waals surface area contributed by atoms with Crippen molar-refractivity contribution in [1.29, 1.82) is 0 Å². The molecule has 0 aliphatic rings. The van der Waals surface area contributed by atoms with Gasteiger partial charge in [-0.25, -0.2) is 0 Å². The molecule has 0 saturated heterocycles. The molecule has 2 N–H and O–H groups in total. The molecule has 1 aromatic carbocycles. The number of ether oxygens (including phenoxy) is 2. The molecule has 24 heavy (non-hydrogen) atoms. The lowest BCUT2D eigenvalue weighted by molar-refractivity contribution is 0.102. The van der Waals surface area contributed by atoms with Gasteiger partial charge >= 0.3 is 0 Å². The third kappa shape index (κ3) is 2.94. The molecular formula is C16H16N4O4. The van der Waals surface area contributed by atoms with Crippen LogP contribution in [0.15, 0.2) is 34.9 Å².